The summed E-state index contributed by atoms with van der Waals surface area (Å²) in [5.74, 6) is 1.89. The van der Waals surface area contributed by atoms with Crippen molar-refractivity contribution in [2.45, 2.75) is 38.8 Å². The zero-order chi connectivity index (χ0) is 14.1. The van der Waals surface area contributed by atoms with Gasteiger partial charge in [0, 0.05) is 26.6 Å². The standard InChI is InChI=1S/C16H23N3O/c1-3-20-13-6-12(7-13)9-16-18-14-5-4-11(10-17)8-15(14)19(16)2/h4-5,8,12-13H,3,6-7,9-10,17H2,1-2H3. The fourth-order valence-electron chi connectivity index (χ4n) is 3.07. The van der Waals surface area contributed by atoms with E-state index in [0.29, 0.717) is 12.6 Å². The average Bonchev–Trinajstić information content (AvgIpc) is 2.73. The van der Waals surface area contributed by atoms with Gasteiger partial charge in [-0.25, -0.2) is 4.98 Å². The van der Waals surface area contributed by atoms with Crippen molar-refractivity contribution in [1.29, 1.82) is 0 Å². The molecule has 0 atom stereocenters. The fraction of sp³-hybridized carbons (Fsp3) is 0.562. The van der Waals surface area contributed by atoms with Crippen molar-refractivity contribution < 1.29 is 4.74 Å². The van der Waals surface area contributed by atoms with Crippen LogP contribution in [0.25, 0.3) is 11.0 Å². The summed E-state index contributed by atoms with van der Waals surface area (Å²) in [6.07, 6.45) is 3.87. The van der Waals surface area contributed by atoms with Gasteiger partial charge < -0.3 is 15.0 Å². The monoisotopic (exact) mass is 273 g/mol. The van der Waals surface area contributed by atoms with Gasteiger partial charge >= 0.3 is 0 Å². The highest BCUT2D eigenvalue weighted by Crippen LogP contribution is 2.33. The second-order valence-corrected chi connectivity index (χ2v) is 5.73. The number of fused-ring (bicyclic) bond motifs is 1. The molecule has 4 nitrogen and oxygen atoms in total. The molecule has 0 amide bonds. The maximum absolute atomic E-state index is 5.71. The Kier molecular flexibility index (Phi) is 3.76. The summed E-state index contributed by atoms with van der Waals surface area (Å²) in [7, 11) is 2.10. The summed E-state index contributed by atoms with van der Waals surface area (Å²) < 4.78 is 7.83. The molecule has 0 unspecified atom stereocenters. The van der Waals surface area contributed by atoms with Crippen LogP contribution >= 0.6 is 0 Å². The van der Waals surface area contributed by atoms with E-state index in [-0.39, 0.29) is 0 Å². The third-order valence-electron chi connectivity index (χ3n) is 4.34. The van der Waals surface area contributed by atoms with Crippen molar-refractivity contribution in [3.63, 3.8) is 0 Å². The number of aryl methyl sites for hydroxylation is 1. The number of hydrogen-bond donors (Lipinski definition) is 1. The van der Waals surface area contributed by atoms with Gasteiger partial charge in [0.1, 0.15) is 5.82 Å². The molecule has 0 aliphatic heterocycles. The van der Waals surface area contributed by atoms with Crippen molar-refractivity contribution in [3.8, 4) is 0 Å². The van der Waals surface area contributed by atoms with E-state index >= 15 is 0 Å². The lowest BCUT2D eigenvalue weighted by molar-refractivity contribution is -0.0246. The minimum Gasteiger partial charge on any atom is -0.378 e. The highest BCUT2D eigenvalue weighted by molar-refractivity contribution is 5.76. The molecule has 0 spiro atoms. The lowest BCUT2D eigenvalue weighted by atomic mass is 9.80. The molecule has 1 aliphatic rings. The number of imidazole rings is 1. The van der Waals surface area contributed by atoms with Gasteiger partial charge in [-0.3, -0.25) is 0 Å². The van der Waals surface area contributed by atoms with E-state index in [0.717, 1.165) is 30.0 Å². The van der Waals surface area contributed by atoms with E-state index < -0.39 is 0 Å². The third-order valence-corrected chi connectivity index (χ3v) is 4.34. The lowest BCUT2D eigenvalue weighted by Gasteiger charge is -2.34. The molecule has 1 aliphatic carbocycles. The molecule has 1 saturated carbocycles. The summed E-state index contributed by atoms with van der Waals surface area (Å²) in [5, 5.41) is 0. The number of rotatable bonds is 5. The number of aromatic nitrogens is 2. The molecule has 0 bridgehead atoms. The van der Waals surface area contributed by atoms with Gasteiger partial charge in [-0.15, -0.1) is 0 Å². The first-order valence-corrected chi connectivity index (χ1v) is 7.47. The Morgan fingerprint density at radius 1 is 1.40 bits per heavy atom. The zero-order valence-electron chi connectivity index (χ0n) is 12.3. The van der Waals surface area contributed by atoms with Crippen LogP contribution in [0.15, 0.2) is 18.2 Å². The maximum atomic E-state index is 5.71. The van der Waals surface area contributed by atoms with Crippen molar-refractivity contribution in [3.05, 3.63) is 29.6 Å². The van der Waals surface area contributed by atoms with Crippen LogP contribution in [-0.2, 0) is 24.8 Å². The molecular formula is C16H23N3O. The molecule has 4 heteroatoms. The topological polar surface area (TPSA) is 53.1 Å². The second-order valence-electron chi connectivity index (χ2n) is 5.73. The number of benzene rings is 1. The number of hydrogen-bond acceptors (Lipinski definition) is 3. The number of ether oxygens (including phenoxy) is 1. The highest BCUT2D eigenvalue weighted by atomic mass is 16.5. The summed E-state index contributed by atoms with van der Waals surface area (Å²) >= 11 is 0. The van der Waals surface area contributed by atoms with Crippen LogP contribution in [-0.4, -0.2) is 22.3 Å². The molecule has 1 aromatic heterocycles. The van der Waals surface area contributed by atoms with Crippen LogP contribution < -0.4 is 5.73 Å². The van der Waals surface area contributed by atoms with E-state index in [9.17, 15) is 0 Å². The Morgan fingerprint density at radius 3 is 2.90 bits per heavy atom. The minimum absolute atomic E-state index is 0.475. The van der Waals surface area contributed by atoms with Gasteiger partial charge in [-0.1, -0.05) is 6.07 Å². The van der Waals surface area contributed by atoms with Gasteiger partial charge in [-0.2, -0.15) is 0 Å². The van der Waals surface area contributed by atoms with Gasteiger partial charge in [0.25, 0.3) is 0 Å². The summed E-state index contributed by atoms with van der Waals surface area (Å²) in [4.78, 5) is 4.76. The fourth-order valence-corrected chi connectivity index (χ4v) is 3.07. The third kappa shape index (κ3) is 2.45. The number of nitrogens with two attached hydrogens (primary N) is 1. The molecule has 108 valence electrons. The Balaban J connectivity index is 1.74. The summed E-state index contributed by atoms with van der Waals surface area (Å²) in [5.41, 5.74) is 9.12. The van der Waals surface area contributed by atoms with Crippen LogP contribution in [0.4, 0.5) is 0 Å². The van der Waals surface area contributed by atoms with Gasteiger partial charge in [-0.05, 0) is 43.4 Å². The van der Waals surface area contributed by atoms with E-state index in [4.69, 9.17) is 15.5 Å². The van der Waals surface area contributed by atoms with E-state index in [1.165, 1.54) is 24.2 Å². The molecule has 20 heavy (non-hydrogen) atoms. The Labute approximate surface area is 119 Å². The predicted molar refractivity (Wildman–Crippen MR) is 80.4 cm³/mol. The van der Waals surface area contributed by atoms with E-state index in [2.05, 4.69) is 36.7 Å². The first-order valence-electron chi connectivity index (χ1n) is 7.47. The zero-order valence-corrected chi connectivity index (χ0v) is 12.3. The quantitative estimate of drug-likeness (QED) is 0.910. The summed E-state index contributed by atoms with van der Waals surface area (Å²) in [6.45, 7) is 3.47. The minimum atomic E-state index is 0.475. The molecule has 1 aromatic carbocycles. The molecule has 2 aromatic rings. The SMILES string of the molecule is CCOC1CC(Cc2nc3ccc(CN)cc3n2C)C1. The second kappa shape index (κ2) is 5.54. The number of nitrogens with zero attached hydrogens (tertiary/aromatic N) is 2. The van der Waals surface area contributed by atoms with Crippen LogP contribution in [0.1, 0.15) is 31.2 Å². The van der Waals surface area contributed by atoms with Crippen LogP contribution in [0.3, 0.4) is 0 Å². The molecule has 0 saturated heterocycles. The van der Waals surface area contributed by atoms with Crippen molar-refractivity contribution in [1.82, 2.24) is 9.55 Å². The molecule has 1 heterocycles. The predicted octanol–water partition coefficient (Wildman–Crippen LogP) is 2.39. The molecule has 0 radical (unpaired) electrons. The maximum Gasteiger partial charge on any atom is 0.109 e. The van der Waals surface area contributed by atoms with E-state index in [1.807, 2.05) is 0 Å². The lowest BCUT2D eigenvalue weighted by Crippen LogP contribution is -2.33. The first kappa shape index (κ1) is 13.6. The highest BCUT2D eigenvalue weighted by Gasteiger charge is 2.30. The van der Waals surface area contributed by atoms with Gasteiger partial charge in [0.15, 0.2) is 0 Å². The van der Waals surface area contributed by atoms with Crippen LogP contribution in [0.5, 0.6) is 0 Å². The van der Waals surface area contributed by atoms with Crippen LogP contribution in [0.2, 0.25) is 0 Å². The van der Waals surface area contributed by atoms with Gasteiger partial charge in [0.05, 0.1) is 17.1 Å². The average molecular weight is 273 g/mol. The molecule has 3 rings (SSSR count). The molecule has 2 N–H and O–H groups in total. The van der Waals surface area contributed by atoms with Crippen LogP contribution in [0, 0.1) is 5.92 Å². The Hall–Kier alpha value is -1.39. The van der Waals surface area contributed by atoms with Crippen molar-refractivity contribution in [2.24, 2.45) is 18.7 Å². The molecular weight excluding hydrogens is 250 g/mol. The smallest absolute Gasteiger partial charge is 0.109 e. The molecule has 1 fully saturated rings. The normalized spacial score (nSPS) is 22.1. The van der Waals surface area contributed by atoms with Crippen molar-refractivity contribution >= 4 is 11.0 Å². The summed E-state index contributed by atoms with van der Waals surface area (Å²) in [6, 6.07) is 6.29. The van der Waals surface area contributed by atoms with Crippen molar-refractivity contribution in [2.75, 3.05) is 6.61 Å². The van der Waals surface area contributed by atoms with Gasteiger partial charge in [0.2, 0.25) is 0 Å². The van der Waals surface area contributed by atoms with E-state index in [1.54, 1.807) is 0 Å². The largest absolute Gasteiger partial charge is 0.378 e. The first-order chi connectivity index (χ1) is 9.71. The Morgan fingerprint density at radius 2 is 2.20 bits per heavy atom. The Bertz CT molecular complexity index is 599.